The van der Waals surface area contributed by atoms with Crippen LogP contribution < -0.4 is 27.7 Å². The molecular weight excluding hydrogens is 482 g/mol. The van der Waals surface area contributed by atoms with E-state index < -0.39 is 17.9 Å². The number of benzene rings is 2. The summed E-state index contributed by atoms with van der Waals surface area (Å²) in [5.74, 6) is -1.61. The molecule has 2 heterocycles. The Kier molecular flexibility index (Phi) is 6.22. The number of nitrogens with two attached hydrogens (primary N) is 3. The predicted octanol–water partition coefficient (Wildman–Crippen LogP) is 3.19. The van der Waals surface area contributed by atoms with Crippen molar-refractivity contribution in [2.75, 3.05) is 22.9 Å². The van der Waals surface area contributed by atoms with Gasteiger partial charge in [-0.2, -0.15) is 9.97 Å². The summed E-state index contributed by atoms with van der Waals surface area (Å²) in [7, 11) is 0. The first kappa shape index (κ1) is 23.8. The summed E-state index contributed by atoms with van der Waals surface area (Å²) in [5, 5.41) is 0.204. The number of nitrogens with zero attached hydrogens (tertiary/aromatic N) is 5. The van der Waals surface area contributed by atoms with Gasteiger partial charge in [-0.1, -0.05) is 29.8 Å². The van der Waals surface area contributed by atoms with Crippen molar-refractivity contribution in [1.29, 1.82) is 0 Å². The van der Waals surface area contributed by atoms with E-state index >= 15 is 0 Å². The molecule has 0 aliphatic carbocycles. The first-order chi connectivity index (χ1) is 16.6. The molecule has 0 saturated carbocycles. The molecule has 2 aromatic heterocycles. The van der Waals surface area contributed by atoms with E-state index in [9.17, 15) is 18.4 Å². The normalized spacial score (nSPS) is 11.2. The minimum atomic E-state index is -2.78. The fourth-order valence-corrected chi connectivity index (χ4v) is 3.94. The van der Waals surface area contributed by atoms with Crippen LogP contribution in [-0.4, -0.2) is 32.0 Å². The maximum absolute atomic E-state index is 13.7. The Balaban J connectivity index is 2.13. The third-order valence-corrected chi connectivity index (χ3v) is 5.52. The summed E-state index contributed by atoms with van der Waals surface area (Å²) in [6.45, 7) is 1.79. The number of fused-ring (bicyclic) bond motifs is 1. The molecule has 0 radical (unpaired) electrons. The SMILES string of the molecule is CCN(c1nc(N)nc(N)c1C(N)=O)c1nc2cccc(Cl)c2c(=O)n1-c1cccc(C(F)F)c1. The zero-order valence-corrected chi connectivity index (χ0v) is 19.0. The molecule has 0 fully saturated rings. The third kappa shape index (κ3) is 4.19. The lowest BCUT2D eigenvalue weighted by Crippen LogP contribution is -2.32. The number of carbonyl (C=O) groups is 1. The van der Waals surface area contributed by atoms with Crippen molar-refractivity contribution in [2.45, 2.75) is 13.3 Å². The van der Waals surface area contributed by atoms with Crippen LogP contribution in [0, 0.1) is 0 Å². The van der Waals surface area contributed by atoms with Crippen LogP contribution in [0.3, 0.4) is 0 Å². The number of anilines is 4. The molecule has 6 N–H and O–H groups in total. The number of rotatable bonds is 6. The predicted molar refractivity (Wildman–Crippen MR) is 129 cm³/mol. The number of amides is 1. The van der Waals surface area contributed by atoms with Crippen LogP contribution in [0.5, 0.6) is 0 Å². The van der Waals surface area contributed by atoms with Crippen LogP contribution in [0.2, 0.25) is 5.02 Å². The maximum atomic E-state index is 13.7. The zero-order chi connectivity index (χ0) is 25.4. The highest BCUT2D eigenvalue weighted by molar-refractivity contribution is 6.35. The van der Waals surface area contributed by atoms with Crippen molar-refractivity contribution >= 4 is 51.9 Å². The number of halogens is 3. The van der Waals surface area contributed by atoms with Crippen LogP contribution in [0.4, 0.5) is 32.3 Å². The van der Waals surface area contributed by atoms with Crippen molar-refractivity contribution in [1.82, 2.24) is 19.5 Å². The molecule has 0 atom stereocenters. The second kappa shape index (κ2) is 9.14. The average Bonchev–Trinajstić information content (AvgIpc) is 2.79. The Bertz CT molecular complexity index is 1530. The van der Waals surface area contributed by atoms with Gasteiger partial charge in [-0.25, -0.2) is 18.3 Å². The van der Waals surface area contributed by atoms with Crippen molar-refractivity contribution < 1.29 is 13.6 Å². The van der Waals surface area contributed by atoms with Crippen LogP contribution in [-0.2, 0) is 0 Å². The highest BCUT2D eigenvalue weighted by atomic mass is 35.5. The number of nitrogen functional groups attached to an aromatic ring is 2. The molecule has 0 aliphatic heterocycles. The Morgan fingerprint density at radius 1 is 1.14 bits per heavy atom. The van der Waals surface area contributed by atoms with E-state index in [0.29, 0.717) is 0 Å². The third-order valence-electron chi connectivity index (χ3n) is 5.20. The van der Waals surface area contributed by atoms with Crippen molar-refractivity contribution in [2.24, 2.45) is 5.73 Å². The molecule has 0 saturated heterocycles. The van der Waals surface area contributed by atoms with E-state index in [1.54, 1.807) is 19.1 Å². The Labute approximate surface area is 202 Å². The largest absolute Gasteiger partial charge is 0.383 e. The number of primary amides is 1. The van der Waals surface area contributed by atoms with Gasteiger partial charge < -0.3 is 17.2 Å². The highest BCUT2D eigenvalue weighted by Gasteiger charge is 2.27. The summed E-state index contributed by atoms with van der Waals surface area (Å²) >= 11 is 6.29. The summed E-state index contributed by atoms with van der Waals surface area (Å²) in [4.78, 5) is 39.8. The number of hydrogen-bond acceptors (Lipinski definition) is 8. The molecule has 0 bridgehead atoms. The Morgan fingerprint density at radius 2 is 1.86 bits per heavy atom. The summed E-state index contributed by atoms with van der Waals surface area (Å²) in [6.07, 6.45) is -2.78. The topological polar surface area (TPSA) is 159 Å². The van der Waals surface area contributed by atoms with Crippen LogP contribution in [0.25, 0.3) is 16.6 Å². The molecule has 13 heteroatoms. The Hall–Kier alpha value is -4.32. The number of alkyl halides is 2. The lowest BCUT2D eigenvalue weighted by molar-refractivity contribution is 0.100. The second-order valence-electron chi connectivity index (χ2n) is 7.36. The monoisotopic (exact) mass is 500 g/mol. The van der Waals surface area contributed by atoms with Gasteiger partial charge in [0.05, 0.1) is 21.6 Å². The van der Waals surface area contributed by atoms with Gasteiger partial charge in [0.25, 0.3) is 17.9 Å². The molecular formula is C22H19ClF2N8O2. The van der Waals surface area contributed by atoms with Crippen LogP contribution in [0.15, 0.2) is 47.3 Å². The molecule has 0 aliphatic rings. The minimum Gasteiger partial charge on any atom is -0.383 e. The highest BCUT2D eigenvalue weighted by Crippen LogP contribution is 2.32. The van der Waals surface area contributed by atoms with Gasteiger partial charge in [-0.15, -0.1) is 0 Å². The lowest BCUT2D eigenvalue weighted by atomic mass is 10.2. The van der Waals surface area contributed by atoms with Gasteiger partial charge in [0.15, 0.2) is 5.82 Å². The van der Waals surface area contributed by atoms with Gasteiger partial charge >= 0.3 is 0 Å². The number of carbonyl (C=O) groups excluding carboxylic acids is 1. The lowest BCUT2D eigenvalue weighted by Gasteiger charge is -2.26. The molecule has 35 heavy (non-hydrogen) atoms. The van der Waals surface area contributed by atoms with Crippen molar-refractivity contribution in [3.63, 3.8) is 0 Å². The quantitative estimate of drug-likeness (QED) is 0.364. The van der Waals surface area contributed by atoms with Gasteiger partial charge in [0.2, 0.25) is 11.9 Å². The molecule has 4 rings (SSSR count). The molecule has 0 spiro atoms. The van der Waals surface area contributed by atoms with E-state index in [4.69, 9.17) is 28.8 Å². The first-order valence-electron chi connectivity index (χ1n) is 10.2. The van der Waals surface area contributed by atoms with E-state index in [-0.39, 0.29) is 62.8 Å². The zero-order valence-electron chi connectivity index (χ0n) is 18.2. The molecule has 2 aromatic carbocycles. The molecule has 180 valence electrons. The van der Waals surface area contributed by atoms with E-state index in [0.717, 1.165) is 10.6 Å². The molecule has 10 nitrogen and oxygen atoms in total. The smallest absolute Gasteiger partial charge is 0.268 e. The summed E-state index contributed by atoms with van der Waals surface area (Å²) < 4.78 is 28.0. The Morgan fingerprint density at radius 3 is 2.51 bits per heavy atom. The summed E-state index contributed by atoms with van der Waals surface area (Å²) in [5.41, 5.74) is 16.3. The maximum Gasteiger partial charge on any atom is 0.268 e. The average molecular weight is 501 g/mol. The van der Waals surface area contributed by atoms with E-state index in [1.807, 2.05) is 0 Å². The van der Waals surface area contributed by atoms with Gasteiger partial charge in [0, 0.05) is 12.1 Å². The van der Waals surface area contributed by atoms with Crippen LogP contribution >= 0.6 is 11.6 Å². The first-order valence-corrected chi connectivity index (χ1v) is 10.6. The van der Waals surface area contributed by atoms with Crippen molar-refractivity contribution in [3.05, 3.63) is 69.0 Å². The summed E-state index contributed by atoms with van der Waals surface area (Å²) in [6, 6.07) is 9.93. The van der Waals surface area contributed by atoms with E-state index in [2.05, 4.69) is 15.0 Å². The fraction of sp³-hybridized carbons (Fsp3) is 0.136. The number of aromatic nitrogens is 4. The van der Waals surface area contributed by atoms with E-state index in [1.165, 1.54) is 29.2 Å². The molecule has 0 unspecified atom stereocenters. The standard InChI is InChI=1S/C22H19ClF2N8O2/c1-2-32(19-15(18(27)34)17(26)30-21(28)31-19)22-29-13-8-4-7-12(23)14(13)20(35)33(22)11-6-3-5-10(9-11)16(24)25/h3-9,16H,2H2,1H3,(H2,27,34)(H4,26,28,30,31). The molecule has 1 amide bonds. The van der Waals surface area contributed by atoms with Crippen molar-refractivity contribution in [3.8, 4) is 5.69 Å². The van der Waals surface area contributed by atoms with Gasteiger partial charge in [0.1, 0.15) is 11.4 Å². The number of hydrogen-bond donors (Lipinski definition) is 3. The van der Waals surface area contributed by atoms with Gasteiger partial charge in [-0.05, 0) is 31.2 Å². The van der Waals surface area contributed by atoms with Crippen LogP contribution in [0.1, 0.15) is 29.3 Å². The second-order valence-corrected chi connectivity index (χ2v) is 7.76. The minimum absolute atomic E-state index is 0.0568. The fourth-order valence-electron chi connectivity index (χ4n) is 3.69. The van der Waals surface area contributed by atoms with Gasteiger partial charge in [-0.3, -0.25) is 14.5 Å². The molecule has 4 aromatic rings.